The van der Waals surface area contributed by atoms with E-state index in [1.165, 1.54) is 43.6 Å². The van der Waals surface area contributed by atoms with E-state index >= 15 is 0 Å². The zero-order valence-corrected chi connectivity index (χ0v) is 13.7. The van der Waals surface area contributed by atoms with Crippen LogP contribution in [0, 0.1) is 11.8 Å². The molecule has 1 saturated carbocycles. The Morgan fingerprint density at radius 1 is 0.826 bits per heavy atom. The molecule has 0 aromatic heterocycles. The number of likely N-dealkylation sites (tertiary alicyclic amines) is 1. The summed E-state index contributed by atoms with van der Waals surface area (Å²) in [5.41, 5.74) is 2.73. The first-order valence-corrected chi connectivity index (χ1v) is 8.96. The van der Waals surface area contributed by atoms with Crippen LogP contribution in [0.3, 0.4) is 0 Å². The normalized spacial score (nSPS) is 27.6. The fourth-order valence-electron chi connectivity index (χ4n) is 4.47. The van der Waals surface area contributed by atoms with Crippen molar-refractivity contribution >= 4 is 5.69 Å². The Morgan fingerprint density at radius 3 is 2.09 bits per heavy atom. The minimum atomic E-state index is 0.651. The molecule has 1 heterocycles. The molecule has 2 aliphatic rings. The maximum Gasteiger partial charge on any atom is 0.0342 e. The molecule has 1 aliphatic carbocycles. The van der Waals surface area contributed by atoms with Gasteiger partial charge in [0.2, 0.25) is 0 Å². The molecule has 120 valence electrons. The lowest BCUT2D eigenvalue weighted by Crippen LogP contribution is -2.54. The molecule has 2 aromatic rings. The van der Waals surface area contributed by atoms with Crippen molar-refractivity contribution in [2.45, 2.75) is 31.8 Å². The number of para-hydroxylation sites is 1. The lowest BCUT2D eigenvalue weighted by molar-refractivity contribution is 0.0670. The van der Waals surface area contributed by atoms with E-state index in [1.807, 2.05) is 0 Å². The van der Waals surface area contributed by atoms with E-state index in [4.69, 9.17) is 0 Å². The number of rotatable bonds is 4. The Hall–Kier alpha value is -1.80. The van der Waals surface area contributed by atoms with Crippen molar-refractivity contribution in [1.29, 1.82) is 0 Å². The molecule has 4 rings (SSSR count). The maximum absolute atomic E-state index is 3.84. The molecule has 1 saturated heterocycles. The van der Waals surface area contributed by atoms with Crippen molar-refractivity contribution in [2.75, 3.05) is 18.4 Å². The Morgan fingerprint density at radius 2 is 1.43 bits per heavy atom. The van der Waals surface area contributed by atoms with Crippen LogP contribution < -0.4 is 5.32 Å². The van der Waals surface area contributed by atoms with E-state index in [0.717, 1.165) is 18.4 Å². The first-order valence-electron chi connectivity index (χ1n) is 8.96. The van der Waals surface area contributed by atoms with Crippen LogP contribution in [-0.4, -0.2) is 24.0 Å². The van der Waals surface area contributed by atoms with E-state index in [9.17, 15) is 0 Å². The third-order valence-corrected chi connectivity index (χ3v) is 5.51. The van der Waals surface area contributed by atoms with Crippen molar-refractivity contribution in [3.05, 3.63) is 66.2 Å². The third-order valence-electron chi connectivity index (χ3n) is 5.51. The van der Waals surface area contributed by atoms with E-state index in [-0.39, 0.29) is 0 Å². The van der Waals surface area contributed by atoms with Crippen molar-refractivity contribution < 1.29 is 0 Å². The van der Waals surface area contributed by atoms with E-state index in [0.29, 0.717) is 6.04 Å². The maximum atomic E-state index is 3.84. The van der Waals surface area contributed by atoms with Crippen molar-refractivity contribution in [3.63, 3.8) is 0 Å². The van der Waals surface area contributed by atoms with Gasteiger partial charge in [-0.2, -0.15) is 0 Å². The Labute approximate surface area is 139 Å². The number of hydrogen-bond acceptors (Lipinski definition) is 2. The molecule has 2 aromatic carbocycles. The van der Waals surface area contributed by atoms with Gasteiger partial charge in [-0.1, -0.05) is 55.0 Å². The minimum absolute atomic E-state index is 0.651. The summed E-state index contributed by atoms with van der Waals surface area (Å²) in [6.07, 6.45) is 4.14. The summed E-state index contributed by atoms with van der Waals surface area (Å²) >= 11 is 0. The molecule has 0 amide bonds. The summed E-state index contributed by atoms with van der Waals surface area (Å²) in [7, 11) is 0. The highest BCUT2D eigenvalue weighted by molar-refractivity contribution is 5.44. The second-order valence-electron chi connectivity index (χ2n) is 7.17. The van der Waals surface area contributed by atoms with Gasteiger partial charge in [-0.25, -0.2) is 0 Å². The molecule has 23 heavy (non-hydrogen) atoms. The average Bonchev–Trinajstić information content (AvgIpc) is 2.57. The number of piperidine rings is 1. The predicted molar refractivity (Wildman–Crippen MR) is 96.4 cm³/mol. The van der Waals surface area contributed by atoms with Crippen LogP contribution in [0.2, 0.25) is 0 Å². The van der Waals surface area contributed by atoms with E-state index in [1.54, 1.807) is 0 Å². The van der Waals surface area contributed by atoms with Gasteiger partial charge in [-0.15, -0.1) is 0 Å². The van der Waals surface area contributed by atoms with Crippen molar-refractivity contribution in [1.82, 2.24) is 4.90 Å². The first-order chi connectivity index (χ1) is 11.4. The number of hydrogen-bond donors (Lipinski definition) is 1. The third kappa shape index (κ3) is 3.42. The number of anilines is 1. The molecule has 2 bridgehead atoms. The summed E-state index contributed by atoms with van der Waals surface area (Å²) in [5, 5.41) is 3.84. The second kappa shape index (κ2) is 6.76. The zero-order chi connectivity index (χ0) is 15.5. The summed E-state index contributed by atoms with van der Waals surface area (Å²) in [6, 6.07) is 22.3. The molecule has 2 unspecified atom stereocenters. The zero-order valence-electron chi connectivity index (χ0n) is 13.7. The lowest BCUT2D eigenvalue weighted by Gasteiger charge is -2.48. The second-order valence-corrected chi connectivity index (χ2v) is 7.17. The number of nitrogens with one attached hydrogen (secondary N) is 1. The molecule has 2 nitrogen and oxygen atoms in total. The minimum Gasteiger partial charge on any atom is -0.382 e. The summed E-state index contributed by atoms with van der Waals surface area (Å²) in [5.74, 6) is 1.57. The average molecular weight is 306 g/mol. The predicted octanol–water partition coefficient (Wildman–Crippen LogP) is 4.40. The monoisotopic (exact) mass is 306 g/mol. The van der Waals surface area contributed by atoms with Gasteiger partial charge in [0.25, 0.3) is 0 Å². The van der Waals surface area contributed by atoms with Gasteiger partial charge in [0.1, 0.15) is 0 Å². The van der Waals surface area contributed by atoms with Crippen LogP contribution in [-0.2, 0) is 6.54 Å². The summed E-state index contributed by atoms with van der Waals surface area (Å²) in [6.45, 7) is 3.57. The molecule has 2 fully saturated rings. The largest absolute Gasteiger partial charge is 0.382 e. The quantitative estimate of drug-likeness (QED) is 0.900. The molecule has 0 spiro atoms. The van der Waals surface area contributed by atoms with Crippen LogP contribution in [0.25, 0.3) is 0 Å². The molecular weight excluding hydrogens is 280 g/mol. The Bertz CT molecular complexity index is 596. The van der Waals surface area contributed by atoms with Gasteiger partial charge < -0.3 is 5.32 Å². The highest BCUT2D eigenvalue weighted by atomic mass is 15.2. The number of nitrogens with zero attached hydrogens (tertiary/aromatic N) is 1. The molecule has 0 radical (unpaired) electrons. The fraction of sp³-hybridized carbons (Fsp3) is 0.429. The smallest absolute Gasteiger partial charge is 0.0342 e. The number of benzene rings is 2. The lowest BCUT2D eigenvalue weighted by atomic mass is 9.73. The molecule has 1 N–H and O–H groups in total. The molecular formula is C21H26N2. The Balaban J connectivity index is 1.44. The molecule has 2 heteroatoms. The fourth-order valence-corrected chi connectivity index (χ4v) is 4.47. The highest BCUT2D eigenvalue weighted by Crippen LogP contribution is 2.37. The van der Waals surface area contributed by atoms with E-state index in [2.05, 4.69) is 70.9 Å². The van der Waals surface area contributed by atoms with Crippen molar-refractivity contribution in [3.8, 4) is 0 Å². The molecule has 2 atom stereocenters. The van der Waals surface area contributed by atoms with Crippen molar-refractivity contribution in [2.24, 2.45) is 11.8 Å². The summed E-state index contributed by atoms with van der Waals surface area (Å²) in [4.78, 5) is 2.67. The highest BCUT2D eigenvalue weighted by Gasteiger charge is 2.39. The topological polar surface area (TPSA) is 15.3 Å². The standard InChI is InChI=1S/C21H26N2/c1-3-8-17(9-4-1)14-23-15-18-10-7-11-19(16-23)21(18)22-20-12-5-2-6-13-20/h1-6,8-9,12-13,18-19,21-22H,7,10-11,14-16H2. The molecule has 1 aliphatic heterocycles. The first kappa shape index (κ1) is 14.8. The van der Waals surface area contributed by atoms with Crippen LogP contribution >= 0.6 is 0 Å². The van der Waals surface area contributed by atoms with Gasteiger partial charge in [-0.05, 0) is 42.4 Å². The van der Waals surface area contributed by atoms with Crippen LogP contribution in [0.4, 0.5) is 5.69 Å². The van der Waals surface area contributed by atoms with Gasteiger partial charge in [0.15, 0.2) is 0 Å². The SMILES string of the molecule is c1ccc(CN2CC3CCCC(C2)C3Nc2ccccc2)cc1. The van der Waals surface area contributed by atoms with E-state index < -0.39 is 0 Å². The summed E-state index contributed by atoms with van der Waals surface area (Å²) < 4.78 is 0. The van der Waals surface area contributed by atoms with Gasteiger partial charge in [0, 0.05) is 31.4 Å². The van der Waals surface area contributed by atoms with Gasteiger partial charge >= 0.3 is 0 Å². The number of fused-ring (bicyclic) bond motifs is 2. The van der Waals surface area contributed by atoms with Crippen LogP contribution in [0.1, 0.15) is 24.8 Å². The van der Waals surface area contributed by atoms with Crippen LogP contribution in [0.5, 0.6) is 0 Å². The van der Waals surface area contributed by atoms with Gasteiger partial charge in [0.05, 0.1) is 0 Å². The van der Waals surface area contributed by atoms with Gasteiger partial charge in [-0.3, -0.25) is 4.90 Å². The van der Waals surface area contributed by atoms with Crippen LogP contribution in [0.15, 0.2) is 60.7 Å². The Kier molecular flexibility index (Phi) is 4.34.